The Morgan fingerprint density at radius 2 is 2.11 bits per heavy atom. The lowest BCUT2D eigenvalue weighted by Crippen LogP contribution is -2.36. The summed E-state index contributed by atoms with van der Waals surface area (Å²) >= 11 is 1.60. The number of aryl methyl sites for hydroxylation is 1. The maximum Gasteiger partial charge on any atom is 0.387 e. The second-order valence-corrected chi connectivity index (χ2v) is 6.58. The molecular weight excluding hydrogens is 489 g/mol. The molecule has 0 amide bonds. The second kappa shape index (κ2) is 11.9. The van der Waals surface area contributed by atoms with Crippen molar-refractivity contribution in [2.45, 2.75) is 33.5 Å². The fourth-order valence-corrected chi connectivity index (χ4v) is 2.89. The monoisotopic (exact) mass is 512 g/mol. The molecule has 1 aromatic carbocycles. The fraction of sp³-hybridized carbons (Fsp3) is 0.412. The maximum atomic E-state index is 12.6. The second-order valence-electron chi connectivity index (χ2n) is 5.27. The van der Waals surface area contributed by atoms with Gasteiger partial charge >= 0.3 is 6.61 Å². The van der Waals surface area contributed by atoms with Crippen molar-refractivity contribution < 1.29 is 18.3 Å². The Bertz CT molecular complexity index is 743. The van der Waals surface area contributed by atoms with Crippen LogP contribution < -0.4 is 20.1 Å². The van der Waals surface area contributed by atoms with Crippen molar-refractivity contribution in [1.29, 1.82) is 0 Å². The fourth-order valence-electron chi connectivity index (χ4n) is 2.17. The average molecular weight is 512 g/mol. The number of nitrogens with zero attached hydrogens (tertiary/aromatic N) is 2. The quantitative estimate of drug-likeness (QED) is 0.319. The van der Waals surface area contributed by atoms with Gasteiger partial charge in [0.25, 0.3) is 0 Å². The number of halogens is 3. The van der Waals surface area contributed by atoms with Crippen molar-refractivity contribution in [3.05, 3.63) is 39.8 Å². The van der Waals surface area contributed by atoms with Gasteiger partial charge in [-0.1, -0.05) is 0 Å². The van der Waals surface area contributed by atoms with E-state index in [0.29, 0.717) is 30.4 Å². The van der Waals surface area contributed by atoms with E-state index in [9.17, 15) is 8.78 Å². The van der Waals surface area contributed by atoms with Gasteiger partial charge in [-0.15, -0.1) is 35.3 Å². The highest BCUT2D eigenvalue weighted by Gasteiger charge is 2.11. The van der Waals surface area contributed by atoms with Gasteiger partial charge in [-0.25, -0.2) is 9.98 Å². The predicted octanol–water partition coefficient (Wildman–Crippen LogP) is 3.93. The zero-order valence-corrected chi connectivity index (χ0v) is 18.4. The molecule has 0 unspecified atom stereocenters. The van der Waals surface area contributed by atoms with Crippen LogP contribution in [0.4, 0.5) is 8.78 Å². The number of guanidine groups is 1. The molecule has 0 fully saturated rings. The smallest absolute Gasteiger partial charge is 0.387 e. The zero-order chi connectivity index (χ0) is 18.9. The van der Waals surface area contributed by atoms with E-state index in [1.807, 2.05) is 20.0 Å². The molecule has 0 saturated heterocycles. The first-order valence-electron chi connectivity index (χ1n) is 8.07. The van der Waals surface area contributed by atoms with Gasteiger partial charge < -0.3 is 20.1 Å². The minimum absolute atomic E-state index is 0. The van der Waals surface area contributed by atoms with Crippen LogP contribution in [0, 0.1) is 6.92 Å². The summed E-state index contributed by atoms with van der Waals surface area (Å²) in [5.41, 5.74) is 0.506. The van der Waals surface area contributed by atoms with Crippen LogP contribution in [-0.4, -0.2) is 31.2 Å². The van der Waals surface area contributed by atoms with Crippen LogP contribution in [0.1, 0.15) is 22.4 Å². The van der Waals surface area contributed by atoms with Gasteiger partial charge in [0.15, 0.2) is 5.96 Å². The largest absolute Gasteiger partial charge is 0.497 e. The van der Waals surface area contributed by atoms with E-state index >= 15 is 0 Å². The average Bonchev–Trinajstić information content (AvgIpc) is 3.03. The van der Waals surface area contributed by atoms with Crippen LogP contribution in [0.25, 0.3) is 0 Å². The Kier molecular flexibility index (Phi) is 10.3. The third kappa shape index (κ3) is 7.83. The molecule has 0 atom stereocenters. The molecule has 2 N–H and O–H groups in total. The van der Waals surface area contributed by atoms with Crippen molar-refractivity contribution in [3.63, 3.8) is 0 Å². The lowest BCUT2D eigenvalue weighted by Gasteiger charge is -2.13. The van der Waals surface area contributed by atoms with E-state index in [1.165, 1.54) is 13.2 Å². The number of hydrogen-bond acceptors (Lipinski definition) is 5. The van der Waals surface area contributed by atoms with Crippen molar-refractivity contribution in [1.82, 2.24) is 15.6 Å². The summed E-state index contributed by atoms with van der Waals surface area (Å²) in [4.78, 5) is 9.86. The minimum Gasteiger partial charge on any atom is -0.497 e. The molecule has 150 valence electrons. The third-order valence-electron chi connectivity index (χ3n) is 3.31. The van der Waals surface area contributed by atoms with Gasteiger partial charge in [0.2, 0.25) is 0 Å². The molecular formula is C17H23F2IN4O2S. The number of rotatable bonds is 8. The molecule has 2 aromatic rings. The van der Waals surface area contributed by atoms with Crippen molar-refractivity contribution >= 4 is 41.3 Å². The number of ether oxygens (including phenoxy) is 2. The Hall–Kier alpha value is -1.69. The molecule has 0 spiro atoms. The van der Waals surface area contributed by atoms with Crippen LogP contribution >= 0.6 is 35.3 Å². The summed E-state index contributed by atoms with van der Waals surface area (Å²) in [7, 11) is 1.51. The molecule has 0 aliphatic rings. The third-order valence-corrected chi connectivity index (χ3v) is 4.22. The summed E-state index contributed by atoms with van der Waals surface area (Å²) in [6.45, 7) is 2.40. The van der Waals surface area contributed by atoms with Crippen LogP contribution in [0.5, 0.6) is 11.5 Å². The number of methoxy groups -OCH3 is 1. The highest BCUT2D eigenvalue weighted by Crippen LogP contribution is 2.26. The summed E-state index contributed by atoms with van der Waals surface area (Å²) < 4.78 is 34.9. The lowest BCUT2D eigenvalue weighted by atomic mass is 10.2. The molecule has 0 aliphatic carbocycles. The number of nitrogens with one attached hydrogen (secondary N) is 2. The molecule has 1 heterocycles. The van der Waals surface area contributed by atoms with Gasteiger partial charge in [-0.2, -0.15) is 8.78 Å². The van der Waals surface area contributed by atoms with Crippen LogP contribution in [0.2, 0.25) is 0 Å². The minimum atomic E-state index is -2.90. The van der Waals surface area contributed by atoms with Gasteiger partial charge in [-0.3, -0.25) is 0 Å². The highest BCUT2D eigenvalue weighted by atomic mass is 127. The van der Waals surface area contributed by atoms with Crippen molar-refractivity contribution in [2.75, 3.05) is 13.7 Å². The Labute approximate surface area is 178 Å². The van der Waals surface area contributed by atoms with Crippen molar-refractivity contribution in [2.24, 2.45) is 4.99 Å². The topological polar surface area (TPSA) is 67.8 Å². The van der Waals surface area contributed by atoms with Crippen LogP contribution in [-0.2, 0) is 13.1 Å². The number of aliphatic imine (C=N–C) groups is 1. The number of thiazole rings is 1. The van der Waals surface area contributed by atoms with Crippen LogP contribution in [0.15, 0.2) is 29.4 Å². The summed E-state index contributed by atoms with van der Waals surface area (Å²) in [6.07, 6.45) is 1.82. The normalized spacial score (nSPS) is 11.1. The Morgan fingerprint density at radius 1 is 1.33 bits per heavy atom. The van der Waals surface area contributed by atoms with Crippen LogP contribution in [0.3, 0.4) is 0 Å². The van der Waals surface area contributed by atoms with E-state index in [1.54, 1.807) is 23.5 Å². The van der Waals surface area contributed by atoms with Gasteiger partial charge in [0, 0.05) is 23.2 Å². The molecule has 27 heavy (non-hydrogen) atoms. The number of benzene rings is 1. The predicted molar refractivity (Wildman–Crippen MR) is 114 cm³/mol. The molecule has 0 bridgehead atoms. The molecule has 0 radical (unpaired) electrons. The molecule has 2 rings (SSSR count). The summed E-state index contributed by atoms with van der Waals surface area (Å²) in [6, 6.07) is 4.66. The first kappa shape index (κ1) is 23.3. The van der Waals surface area contributed by atoms with E-state index in [2.05, 4.69) is 25.3 Å². The number of alkyl halides is 2. The van der Waals surface area contributed by atoms with Crippen molar-refractivity contribution in [3.8, 4) is 11.5 Å². The van der Waals surface area contributed by atoms with E-state index < -0.39 is 6.61 Å². The van der Waals surface area contributed by atoms with Gasteiger partial charge in [-0.05, 0) is 32.0 Å². The Balaban J connectivity index is 0.00000364. The molecule has 0 aliphatic heterocycles. The number of hydrogen-bond donors (Lipinski definition) is 2. The molecule has 1 aromatic heterocycles. The number of aromatic nitrogens is 1. The molecule has 0 saturated carbocycles. The van der Waals surface area contributed by atoms with Gasteiger partial charge in [0.1, 0.15) is 16.5 Å². The SMILES string of the molecule is CCNC(=NCc1cc(OC)ccc1OC(F)F)NCc1ncc(C)s1.I. The van der Waals surface area contributed by atoms with E-state index in [-0.39, 0.29) is 36.3 Å². The summed E-state index contributed by atoms with van der Waals surface area (Å²) in [5, 5.41) is 7.23. The molecule has 6 nitrogen and oxygen atoms in total. The first-order chi connectivity index (χ1) is 12.5. The molecule has 10 heteroatoms. The maximum absolute atomic E-state index is 12.6. The standard InChI is InChI=1S/C17H22F2N4O2S.HI/c1-4-20-17(23-10-15-21-8-11(2)26-15)22-9-12-7-13(24-3)5-6-14(12)25-16(18)19;/h5-8,16H,4,9-10H2,1-3H3,(H2,20,22,23);1H. The Morgan fingerprint density at radius 3 is 2.70 bits per heavy atom. The van der Waals surface area contributed by atoms with Gasteiger partial charge in [0.05, 0.1) is 20.2 Å². The highest BCUT2D eigenvalue weighted by molar-refractivity contribution is 14.0. The first-order valence-corrected chi connectivity index (χ1v) is 8.88. The lowest BCUT2D eigenvalue weighted by molar-refractivity contribution is -0.0504. The summed E-state index contributed by atoms with van der Waals surface area (Å²) in [5.74, 6) is 1.19. The zero-order valence-electron chi connectivity index (χ0n) is 15.3. The van der Waals surface area contributed by atoms with E-state index in [4.69, 9.17) is 4.74 Å². The van der Waals surface area contributed by atoms with E-state index in [0.717, 1.165) is 9.88 Å².